The molecular weight excluding hydrogens is 373 g/mol. The van der Waals surface area contributed by atoms with Crippen molar-refractivity contribution in [2.75, 3.05) is 14.1 Å². The molecule has 7 heteroatoms. The van der Waals surface area contributed by atoms with Crippen LogP contribution >= 0.6 is 0 Å². The van der Waals surface area contributed by atoms with E-state index in [1.807, 2.05) is 12.1 Å². The Hall–Kier alpha value is -3.48. The Balaban J connectivity index is 1.75. The molecule has 2 aliphatic heterocycles. The minimum absolute atomic E-state index is 0.147. The first-order valence-electron chi connectivity index (χ1n) is 9.34. The van der Waals surface area contributed by atoms with Gasteiger partial charge in [0.2, 0.25) is 5.91 Å². The molecule has 3 atom stereocenters. The molecule has 1 N–H and O–H groups in total. The Morgan fingerprint density at radius 2 is 1.59 bits per heavy atom. The van der Waals surface area contributed by atoms with Crippen LogP contribution in [-0.2, 0) is 4.79 Å². The number of hydrogen-bond donors (Lipinski definition) is 1. The maximum absolute atomic E-state index is 13.6. The number of amides is 3. The summed E-state index contributed by atoms with van der Waals surface area (Å²) in [6, 6.07) is 12.7. The fourth-order valence-corrected chi connectivity index (χ4v) is 4.69. The topological polar surface area (TPSA) is 69.7 Å². The summed E-state index contributed by atoms with van der Waals surface area (Å²) in [5.41, 5.74) is 3.11. The number of Topliss-reactive ketones (excluding diaryl/α,β-unsaturated/α-hetero) is 1. The molecule has 6 nitrogen and oxygen atoms in total. The summed E-state index contributed by atoms with van der Waals surface area (Å²) >= 11 is 0. The molecular formula is C22H18FN3O3. The summed E-state index contributed by atoms with van der Waals surface area (Å²) < 4.78 is 13.6. The normalized spacial score (nSPS) is 25.6. The van der Waals surface area contributed by atoms with Gasteiger partial charge in [0.25, 0.3) is 0 Å². The van der Waals surface area contributed by atoms with E-state index >= 15 is 0 Å². The standard InChI is InChI=1S/C22H18FN3O3/c1-25-20-17(21(28)26(2)22(25)29)15(11-7-9-12(23)10-8-11)16-18(24-20)13-5-3-4-6-14(13)19(16)27/h3-10,15,17,20,24H,1-2H3. The van der Waals surface area contributed by atoms with E-state index in [1.165, 1.54) is 24.1 Å². The Bertz CT molecular complexity index is 1110. The number of rotatable bonds is 1. The van der Waals surface area contributed by atoms with Gasteiger partial charge in [-0.25, -0.2) is 9.18 Å². The molecule has 0 saturated carbocycles. The van der Waals surface area contributed by atoms with Crippen LogP contribution in [0.3, 0.4) is 0 Å². The molecule has 3 unspecified atom stereocenters. The van der Waals surface area contributed by atoms with E-state index in [9.17, 15) is 18.8 Å². The minimum atomic E-state index is -0.704. The van der Waals surface area contributed by atoms with E-state index in [4.69, 9.17) is 0 Å². The van der Waals surface area contributed by atoms with Crippen LogP contribution in [0.25, 0.3) is 5.70 Å². The van der Waals surface area contributed by atoms with Crippen molar-refractivity contribution in [2.45, 2.75) is 12.1 Å². The zero-order valence-corrected chi connectivity index (χ0v) is 15.8. The monoisotopic (exact) mass is 391 g/mol. The fraction of sp³-hybridized carbons (Fsp3) is 0.227. The van der Waals surface area contributed by atoms with Gasteiger partial charge in [-0.05, 0) is 17.7 Å². The van der Waals surface area contributed by atoms with Gasteiger partial charge < -0.3 is 10.2 Å². The lowest BCUT2D eigenvalue weighted by atomic mass is 9.73. The van der Waals surface area contributed by atoms with Gasteiger partial charge >= 0.3 is 6.03 Å². The molecule has 3 aliphatic rings. The molecule has 29 heavy (non-hydrogen) atoms. The zero-order valence-electron chi connectivity index (χ0n) is 15.8. The molecule has 0 radical (unpaired) electrons. The van der Waals surface area contributed by atoms with Crippen molar-refractivity contribution in [2.24, 2.45) is 5.92 Å². The van der Waals surface area contributed by atoms with Gasteiger partial charge in [0, 0.05) is 36.7 Å². The molecule has 1 fully saturated rings. The van der Waals surface area contributed by atoms with Crippen LogP contribution in [0.15, 0.2) is 54.1 Å². The summed E-state index contributed by atoms with van der Waals surface area (Å²) in [5.74, 6) is -2.21. The Labute approximate surface area is 166 Å². The van der Waals surface area contributed by atoms with Crippen LogP contribution < -0.4 is 5.32 Å². The second-order valence-corrected chi connectivity index (χ2v) is 7.60. The predicted octanol–water partition coefficient (Wildman–Crippen LogP) is 2.59. The lowest BCUT2D eigenvalue weighted by Crippen LogP contribution is -2.66. The predicted molar refractivity (Wildman–Crippen MR) is 103 cm³/mol. The molecule has 0 spiro atoms. The van der Waals surface area contributed by atoms with Gasteiger partial charge in [-0.15, -0.1) is 0 Å². The molecule has 2 aromatic carbocycles. The molecule has 1 aliphatic carbocycles. The number of benzene rings is 2. The van der Waals surface area contributed by atoms with Gasteiger partial charge in [-0.1, -0.05) is 36.4 Å². The van der Waals surface area contributed by atoms with Gasteiger partial charge in [-0.3, -0.25) is 14.5 Å². The van der Waals surface area contributed by atoms with Crippen LogP contribution in [0.2, 0.25) is 0 Å². The summed E-state index contributed by atoms with van der Waals surface area (Å²) in [5, 5.41) is 3.29. The Morgan fingerprint density at radius 1 is 0.931 bits per heavy atom. The molecule has 2 heterocycles. The largest absolute Gasteiger partial charge is 0.364 e. The van der Waals surface area contributed by atoms with E-state index < -0.39 is 29.8 Å². The number of carbonyl (C=O) groups is 3. The van der Waals surface area contributed by atoms with Crippen LogP contribution in [0.1, 0.15) is 27.4 Å². The quantitative estimate of drug-likeness (QED) is 0.811. The Kier molecular flexibility index (Phi) is 3.65. The number of imide groups is 1. The second-order valence-electron chi connectivity index (χ2n) is 7.60. The highest BCUT2D eigenvalue weighted by atomic mass is 19.1. The molecule has 0 aromatic heterocycles. The van der Waals surface area contributed by atoms with Gasteiger partial charge in [0.15, 0.2) is 5.78 Å². The van der Waals surface area contributed by atoms with E-state index in [2.05, 4.69) is 5.32 Å². The molecule has 146 valence electrons. The van der Waals surface area contributed by atoms with E-state index in [-0.39, 0.29) is 11.7 Å². The third kappa shape index (κ3) is 2.30. The lowest BCUT2D eigenvalue weighted by Gasteiger charge is -2.48. The van der Waals surface area contributed by atoms with E-state index in [0.29, 0.717) is 22.4 Å². The summed E-state index contributed by atoms with van der Waals surface area (Å²) in [6.07, 6.45) is -0.612. The summed E-state index contributed by atoms with van der Waals surface area (Å²) in [7, 11) is 3.07. The van der Waals surface area contributed by atoms with Gasteiger partial charge in [0.1, 0.15) is 12.0 Å². The first kappa shape index (κ1) is 17.6. The fourth-order valence-electron chi connectivity index (χ4n) is 4.69. The summed E-state index contributed by atoms with van der Waals surface area (Å²) in [6.45, 7) is 0. The highest BCUT2D eigenvalue weighted by Crippen LogP contribution is 2.49. The molecule has 1 saturated heterocycles. The molecule has 5 rings (SSSR count). The number of urea groups is 1. The minimum Gasteiger partial charge on any atom is -0.364 e. The Morgan fingerprint density at radius 3 is 2.28 bits per heavy atom. The number of allylic oxidation sites excluding steroid dienone is 1. The van der Waals surface area contributed by atoms with Gasteiger partial charge in [0.05, 0.1) is 11.6 Å². The van der Waals surface area contributed by atoms with Crippen LogP contribution in [0, 0.1) is 11.7 Å². The second kappa shape index (κ2) is 6.01. The number of ketones is 1. The smallest absolute Gasteiger partial charge is 0.327 e. The van der Waals surface area contributed by atoms with Crippen molar-refractivity contribution in [1.29, 1.82) is 0 Å². The SMILES string of the molecule is CN1C(=O)C2C(c3ccc(F)cc3)C3=C(NC2N(C)C1=O)c1ccccc1C3=O. The number of fused-ring (bicyclic) bond motifs is 3. The average Bonchev–Trinajstić information content (AvgIpc) is 3.02. The van der Waals surface area contributed by atoms with Crippen LogP contribution in [0.5, 0.6) is 0 Å². The number of hydrogen-bond acceptors (Lipinski definition) is 4. The van der Waals surface area contributed by atoms with Gasteiger partial charge in [-0.2, -0.15) is 0 Å². The third-order valence-corrected chi connectivity index (χ3v) is 6.11. The van der Waals surface area contributed by atoms with Crippen molar-refractivity contribution in [1.82, 2.24) is 15.1 Å². The molecule has 2 aromatic rings. The number of carbonyl (C=O) groups excluding carboxylic acids is 3. The van der Waals surface area contributed by atoms with Crippen molar-refractivity contribution in [3.8, 4) is 0 Å². The maximum atomic E-state index is 13.6. The maximum Gasteiger partial charge on any atom is 0.327 e. The highest BCUT2D eigenvalue weighted by molar-refractivity contribution is 6.22. The molecule has 0 bridgehead atoms. The number of halogens is 1. The van der Waals surface area contributed by atoms with Crippen molar-refractivity contribution >= 4 is 23.4 Å². The summed E-state index contributed by atoms with van der Waals surface area (Å²) in [4.78, 5) is 41.6. The average molecular weight is 391 g/mol. The number of nitrogens with zero attached hydrogens (tertiary/aromatic N) is 2. The first-order valence-corrected chi connectivity index (χ1v) is 9.34. The first-order chi connectivity index (χ1) is 13.9. The van der Waals surface area contributed by atoms with E-state index in [1.54, 1.807) is 31.3 Å². The van der Waals surface area contributed by atoms with Crippen LogP contribution in [0.4, 0.5) is 9.18 Å². The van der Waals surface area contributed by atoms with Crippen molar-refractivity contribution < 1.29 is 18.8 Å². The number of nitrogens with one attached hydrogen (secondary N) is 1. The van der Waals surface area contributed by atoms with Crippen LogP contribution in [-0.4, -0.2) is 47.8 Å². The van der Waals surface area contributed by atoms with E-state index in [0.717, 1.165) is 10.5 Å². The lowest BCUT2D eigenvalue weighted by molar-refractivity contribution is -0.138. The third-order valence-electron chi connectivity index (χ3n) is 6.11. The molecule has 3 amide bonds. The van der Waals surface area contributed by atoms with Crippen molar-refractivity contribution in [3.05, 3.63) is 76.6 Å². The van der Waals surface area contributed by atoms with Crippen molar-refractivity contribution in [3.63, 3.8) is 0 Å². The zero-order chi connectivity index (χ0) is 20.4. The highest BCUT2D eigenvalue weighted by Gasteiger charge is 2.54.